The van der Waals surface area contributed by atoms with Crippen molar-refractivity contribution in [1.82, 2.24) is 4.72 Å². The fraction of sp³-hybridized carbons (Fsp3) is 0.350. The fourth-order valence-electron chi connectivity index (χ4n) is 3.32. The Morgan fingerprint density at radius 3 is 2.41 bits per heavy atom. The molecular weight excluding hydrogens is 364 g/mol. The number of carbonyl (C=O) groups is 1. The van der Waals surface area contributed by atoms with Crippen molar-refractivity contribution in [3.05, 3.63) is 59.7 Å². The van der Waals surface area contributed by atoms with Gasteiger partial charge in [-0.25, -0.2) is 17.9 Å². The van der Waals surface area contributed by atoms with Crippen LogP contribution in [0.15, 0.2) is 53.4 Å². The number of anilines is 1. The molecule has 0 amide bonds. The summed E-state index contributed by atoms with van der Waals surface area (Å²) in [5.74, 6) is -1.14. The van der Waals surface area contributed by atoms with Crippen LogP contribution in [-0.4, -0.2) is 25.5 Å². The number of hydrogen-bond donors (Lipinski definition) is 3. The van der Waals surface area contributed by atoms with Gasteiger partial charge in [0, 0.05) is 18.3 Å². The highest BCUT2D eigenvalue weighted by Gasteiger charge is 2.21. The quantitative estimate of drug-likeness (QED) is 0.673. The topological polar surface area (TPSA) is 95.5 Å². The van der Waals surface area contributed by atoms with Crippen LogP contribution in [0.4, 0.5) is 5.69 Å². The van der Waals surface area contributed by atoms with Crippen molar-refractivity contribution in [3.63, 3.8) is 0 Å². The SMILES string of the molecule is O=C(O)c1cc(S(=O)(=O)NCc2ccccc2)ccc1NC1CCCCC1. The molecule has 1 aliphatic carbocycles. The molecule has 1 saturated carbocycles. The van der Waals surface area contributed by atoms with Gasteiger partial charge in [-0.3, -0.25) is 0 Å². The second-order valence-corrected chi connectivity index (χ2v) is 8.57. The lowest BCUT2D eigenvalue weighted by Crippen LogP contribution is -2.25. The van der Waals surface area contributed by atoms with E-state index >= 15 is 0 Å². The average molecular weight is 388 g/mol. The summed E-state index contributed by atoms with van der Waals surface area (Å²) in [4.78, 5) is 11.6. The van der Waals surface area contributed by atoms with Crippen LogP contribution in [0, 0.1) is 0 Å². The molecule has 2 aromatic carbocycles. The van der Waals surface area contributed by atoms with E-state index in [0.29, 0.717) is 5.69 Å². The number of aromatic carboxylic acids is 1. The first kappa shape index (κ1) is 19.4. The van der Waals surface area contributed by atoms with Crippen molar-refractivity contribution < 1.29 is 18.3 Å². The third-order valence-electron chi connectivity index (χ3n) is 4.81. The lowest BCUT2D eigenvalue weighted by molar-refractivity contribution is 0.0697. The second-order valence-electron chi connectivity index (χ2n) is 6.80. The van der Waals surface area contributed by atoms with E-state index in [4.69, 9.17) is 0 Å². The smallest absolute Gasteiger partial charge is 0.337 e. The lowest BCUT2D eigenvalue weighted by Gasteiger charge is -2.24. The zero-order chi connectivity index (χ0) is 19.3. The summed E-state index contributed by atoms with van der Waals surface area (Å²) in [6.07, 6.45) is 5.44. The van der Waals surface area contributed by atoms with Crippen LogP contribution >= 0.6 is 0 Å². The third-order valence-corrected chi connectivity index (χ3v) is 6.20. The van der Waals surface area contributed by atoms with Crippen LogP contribution in [-0.2, 0) is 16.6 Å². The van der Waals surface area contributed by atoms with Crippen LogP contribution in [0.5, 0.6) is 0 Å². The molecule has 3 rings (SSSR count). The molecule has 6 nitrogen and oxygen atoms in total. The molecule has 0 spiro atoms. The fourth-order valence-corrected chi connectivity index (χ4v) is 4.36. The van der Waals surface area contributed by atoms with Crippen molar-refractivity contribution in [2.75, 3.05) is 5.32 Å². The molecule has 0 atom stereocenters. The largest absolute Gasteiger partial charge is 0.478 e. The first-order valence-corrected chi connectivity index (χ1v) is 10.6. The van der Waals surface area contributed by atoms with Gasteiger partial charge in [0.1, 0.15) is 0 Å². The van der Waals surface area contributed by atoms with Gasteiger partial charge in [0.15, 0.2) is 0 Å². The van der Waals surface area contributed by atoms with Gasteiger partial charge in [0.2, 0.25) is 10.0 Å². The summed E-state index contributed by atoms with van der Waals surface area (Å²) in [6.45, 7) is 0.146. The summed E-state index contributed by atoms with van der Waals surface area (Å²) in [6, 6.07) is 13.6. The molecule has 27 heavy (non-hydrogen) atoms. The normalized spacial score (nSPS) is 15.4. The van der Waals surface area contributed by atoms with Gasteiger partial charge < -0.3 is 10.4 Å². The maximum atomic E-state index is 12.6. The molecule has 1 aliphatic rings. The first-order chi connectivity index (χ1) is 13.0. The van der Waals surface area contributed by atoms with Crippen LogP contribution in [0.2, 0.25) is 0 Å². The Kier molecular flexibility index (Phi) is 6.13. The van der Waals surface area contributed by atoms with E-state index in [1.165, 1.54) is 18.6 Å². The van der Waals surface area contributed by atoms with Crippen molar-refractivity contribution in [2.24, 2.45) is 0 Å². The monoisotopic (exact) mass is 388 g/mol. The summed E-state index contributed by atoms with van der Waals surface area (Å²) in [5, 5.41) is 12.8. The summed E-state index contributed by atoms with van der Waals surface area (Å²) >= 11 is 0. The number of hydrogen-bond acceptors (Lipinski definition) is 4. The second kappa shape index (κ2) is 8.54. The first-order valence-electron chi connectivity index (χ1n) is 9.13. The van der Waals surface area contributed by atoms with Crippen molar-refractivity contribution in [2.45, 2.75) is 49.6 Å². The van der Waals surface area contributed by atoms with Crippen molar-refractivity contribution in [3.8, 4) is 0 Å². The molecule has 0 unspecified atom stereocenters. The van der Waals surface area contributed by atoms with Gasteiger partial charge in [-0.2, -0.15) is 0 Å². The van der Waals surface area contributed by atoms with Gasteiger partial charge >= 0.3 is 5.97 Å². The third kappa shape index (κ3) is 5.08. The number of rotatable bonds is 7. The Morgan fingerprint density at radius 2 is 1.74 bits per heavy atom. The summed E-state index contributed by atoms with van der Waals surface area (Å²) < 4.78 is 27.6. The minimum atomic E-state index is -3.81. The Hall–Kier alpha value is -2.38. The predicted octanol–water partition coefficient (Wildman–Crippen LogP) is 3.61. The average Bonchev–Trinajstić information content (AvgIpc) is 2.68. The Labute approximate surface area is 159 Å². The van der Waals surface area contributed by atoms with E-state index < -0.39 is 16.0 Å². The maximum Gasteiger partial charge on any atom is 0.337 e. The molecule has 3 N–H and O–H groups in total. The highest BCUT2D eigenvalue weighted by Crippen LogP contribution is 2.26. The van der Waals surface area contributed by atoms with Crippen LogP contribution in [0.3, 0.4) is 0 Å². The molecule has 144 valence electrons. The summed E-state index contributed by atoms with van der Waals surface area (Å²) in [5.41, 5.74) is 1.27. The van der Waals surface area contributed by atoms with E-state index in [1.807, 2.05) is 30.3 Å². The van der Waals surface area contributed by atoms with Crippen LogP contribution < -0.4 is 10.0 Å². The Balaban J connectivity index is 1.78. The molecule has 0 bridgehead atoms. The highest BCUT2D eigenvalue weighted by atomic mass is 32.2. The number of carboxylic acids is 1. The zero-order valence-electron chi connectivity index (χ0n) is 15.0. The standard InChI is InChI=1S/C20H24N2O4S/c23-20(24)18-13-17(11-12-19(18)22-16-9-5-2-6-10-16)27(25,26)21-14-15-7-3-1-4-8-15/h1,3-4,7-8,11-13,16,21-22H,2,5-6,9-10,14H2,(H,23,24). The van der Waals surface area contributed by atoms with Gasteiger partial charge in [0.05, 0.1) is 10.5 Å². The molecule has 2 aromatic rings. The van der Waals surface area contributed by atoms with Gasteiger partial charge in [0.25, 0.3) is 0 Å². The minimum absolute atomic E-state index is 0.0249. The Morgan fingerprint density at radius 1 is 1.04 bits per heavy atom. The van der Waals surface area contributed by atoms with Crippen LogP contribution in [0.25, 0.3) is 0 Å². The van der Waals surface area contributed by atoms with Gasteiger partial charge in [-0.15, -0.1) is 0 Å². The number of benzene rings is 2. The lowest BCUT2D eigenvalue weighted by atomic mass is 9.95. The minimum Gasteiger partial charge on any atom is -0.478 e. The van der Waals surface area contributed by atoms with E-state index in [9.17, 15) is 18.3 Å². The molecular formula is C20H24N2O4S. The van der Waals surface area contributed by atoms with E-state index in [-0.39, 0.29) is 23.0 Å². The van der Waals surface area contributed by atoms with Gasteiger partial charge in [-0.05, 0) is 36.6 Å². The van der Waals surface area contributed by atoms with E-state index in [2.05, 4.69) is 10.0 Å². The molecule has 0 heterocycles. The highest BCUT2D eigenvalue weighted by molar-refractivity contribution is 7.89. The molecule has 1 fully saturated rings. The van der Waals surface area contributed by atoms with E-state index in [1.54, 1.807) is 6.07 Å². The summed E-state index contributed by atoms with van der Waals surface area (Å²) in [7, 11) is -3.81. The maximum absolute atomic E-state index is 12.6. The van der Waals surface area contributed by atoms with E-state index in [0.717, 1.165) is 31.2 Å². The Bertz CT molecular complexity index is 891. The van der Waals surface area contributed by atoms with Crippen molar-refractivity contribution in [1.29, 1.82) is 0 Å². The molecule has 7 heteroatoms. The molecule has 0 aliphatic heterocycles. The van der Waals surface area contributed by atoms with Crippen molar-refractivity contribution >= 4 is 21.7 Å². The molecule has 0 radical (unpaired) electrons. The number of carboxylic acid groups (broad SMARTS) is 1. The molecule has 0 aromatic heterocycles. The number of nitrogens with one attached hydrogen (secondary N) is 2. The van der Waals surface area contributed by atoms with Gasteiger partial charge in [-0.1, -0.05) is 49.6 Å². The number of sulfonamides is 1. The van der Waals surface area contributed by atoms with Crippen LogP contribution in [0.1, 0.15) is 48.0 Å². The molecule has 0 saturated heterocycles. The predicted molar refractivity (Wildman–Crippen MR) is 104 cm³/mol. The zero-order valence-corrected chi connectivity index (χ0v) is 15.8.